The third kappa shape index (κ3) is 1.90. The summed E-state index contributed by atoms with van der Waals surface area (Å²) in [6, 6.07) is 5.64. The molecule has 0 saturated carbocycles. The highest BCUT2D eigenvalue weighted by Gasteiger charge is 2.50. The van der Waals surface area contributed by atoms with Gasteiger partial charge >= 0.3 is 6.18 Å². The van der Waals surface area contributed by atoms with Crippen LogP contribution < -0.4 is 0 Å². The van der Waals surface area contributed by atoms with Crippen LogP contribution in [-0.2, 0) is 5.60 Å². The SMILES string of the molecule is Cc1ccc(C(C)(O)C(F)(F)F)cc1. The van der Waals surface area contributed by atoms with Gasteiger partial charge in [-0.15, -0.1) is 0 Å². The zero-order chi connectivity index (χ0) is 11.0. The summed E-state index contributed by atoms with van der Waals surface area (Å²) >= 11 is 0. The fourth-order valence-electron chi connectivity index (χ4n) is 1.04. The zero-order valence-electron chi connectivity index (χ0n) is 7.89. The Bertz CT molecular complexity index is 311. The van der Waals surface area contributed by atoms with Crippen molar-refractivity contribution >= 4 is 0 Å². The number of benzene rings is 1. The summed E-state index contributed by atoms with van der Waals surface area (Å²) in [5.74, 6) is 0. The lowest BCUT2D eigenvalue weighted by Gasteiger charge is -2.26. The molecule has 0 fully saturated rings. The predicted molar refractivity (Wildman–Crippen MR) is 46.8 cm³/mol. The summed E-state index contributed by atoms with van der Waals surface area (Å²) in [4.78, 5) is 0. The van der Waals surface area contributed by atoms with E-state index in [4.69, 9.17) is 0 Å². The van der Waals surface area contributed by atoms with Gasteiger partial charge in [0.1, 0.15) is 0 Å². The molecule has 1 aromatic carbocycles. The van der Waals surface area contributed by atoms with Gasteiger partial charge in [-0.1, -0.05) is 29.8 Å². The van der Waals surface area contributed by atoms with Crippen molar-refractivity contribution in [3.05, 3.63) is 35.4 Å². The van der Waals surface area contributed by atoms with Gasteiger partial charge in [-0.2, -0.15) is 13.2 Å². The molecule has 0 aromatic heterocycles. The molecule has 0 aliphatic carbocycles. The van der Waals surface area contributed by atoms with Gasteiger partial charge in [0.2, 0.25) is 0 Å². The van der Waals surface area contributed by atoms with Gasteiger partial charge < -0.3 is 5.11 Å². The topological polar surface area (TPSA) is 20.2 Å². The molecule has 0 radical (unpaired) electrons. The third-order valence-electron chi connectivity index (χ3n) is 2.17. The van der Waals surface area contributed by atoms with E-state index >= 15 is 0 Å². The van der Waals surface area contributed by atoms with Gasteiger partial charge in [0.05, 0.1) is 0 Å². The normalized spacial score (nSPS) is 16.4. The van der Waals surface area contributed by atoms with Crippen LogP contribution in [0, 0.1) is 6.92 Å². The van der Waals surface area contributed by atoms with E-state index in [1.807, 2.05) is 0 Å². The van der Waals surface area contributed by atoms with E-state index in [2.05, 4.69) is 0 Å². The minimum atomic E-state index is -4.65. The van der Waals surface area contributed by atoms with Crippen LogP contribution in [-0.4, -0.2) is 11.3 Å². The zero-order valence-corrected chi connectivity index (χ0v) is 7.89. The average molecular weight is 204 g/mol. The second-order valence-corrected chi connectivity index (χ2v) is 3.44. The monoisotopic (exact) mass is 204 g/mol. The predicted octanol–water partition coefficient (Wildman–Crippen LogP) is 2.76. The minimum absolute atomic E-state index is 0.143. The summed E-state index contributed by atoms with van der Waals surface area (Å²) in [6.07, 6.45) is -4.65. The molecule has 4 heteroatoms. The maximum atomic E-state index is 12.4. The number of aryl methyl sites for hydroxylation is 1. The van der Waals surface area contributed by atoms with Crippen molar-refractivity contribution in [3.63, 3.8) is 0 Å². The van der Waals surface area contributed by atoms with Crippen molar-refractivity contribution in [2.75, 3.05) is 0 Å². The smallest absolute Gasteiger partial charge is 0.376 e. The van der Waals surface area contributed by atoms with Gasteiger partial charge in [0, 0.05) is 0 Å². The fraction of sp³-hybridized carbons (Fsp3) is 0.400. The van der Waals surface area contributed by atoms with E-state index in [-0.39, 0.29) is 5.56 Å². The van der Waals surface area contributed by atoms with Gasteiger partial charge in [-0.25, -0.2) is 0 Å². The summed E-state index contributed by atoms with van der Waals surface area (Å²) in [5.41, 5.74) is -2.07. The maximum Gasteiger partial charge on any atom is 0.421 e. The molecule has 0 amide bonds. The summed E-state index contributed by atoms with van der Waals surface area (Å²) in [7, 11) is 0. The first-order valence-electron chi connectivity index (χ1n) is 4.11. The van der Waals surface area contributed by atoms with Crippen LogP contribution in [0.25, 0.3) is 0 Å². The van der Waals surface area contributed by atoms with Crippen molar-refractivity contribution in [3.8, 4) is 0 Å². The second kappa shape index (κ2) is 3.28. The lowest BCUT2D eigenvalue weighted by molar-refractivity contribution is -0.258. The minimum Gasteiger partial charge on any atom is -0.376 e. The molecule has 0 aliphatic rings. The second-order valence-electron chi connectivity index (χ2n) is 3.44. The Balaban J connectivity index is 3.10. The summed E-state index contributed by atoms with van der Waals surface area (Å²) in [5, 5.41) is 9.29. The molecule has 0 aliphatic heterocycles. The number of rotatable bonds is 1. The largest absolute Gasteiger partial charge is 0.421 e. The molecule has 1 atom stereocenters. The first-order chi connectivity index (χ1) is 6.25. The van der Waals surface area contributed by atoms with Crippen LogP contribution in [0.4, 0.5) is 13.2 Å². The van der Waals surface area contributed by atoms with Crippen molar-refractivity contribution in [1.29, 1.82) is 0 Å². The Morgan fingerprint density at radius 1 is 1.07 bits per heavy atom. The lowest BCUT2D eigenvalue weighted by Crippen LogP contribution is -2.39. The Labute approximate surface area is 80.2 Å². The lowest BCUT2D eigenvalue weighted by atomic mass is 9.95. The van der Waals surface area contributed by atoms with Crippen molar-refractivity contribution in [1.82, 2.24) is 0 Å². The van der Waals surface area contributed by atoms with E-state index < -0.39 is 11.8 Å². The third-order valence-corrected chi connectivity index (χ3v) is 2.17. The first-order valence-corrected chi connectivity index (χ1v) is 4.11. The molecule has 1 aromatic rings. The Morgan fingerprint density at radius 3 is 1.86 bits per heavy atom. The van der Waals surface area contributed by atoms with Crippen LogP contribution >= 0.6 is 0 Å². The van der Waals surface area contributed by atoms with Gasteiger partial charge in [0.15, 0.2) is 5.60 Å². The van der Waals surface area contributed by atoms with Gasteiger partial charge in [-0.3, -0.25) is 0 Å². The number of hydrogen-bond donors (Lipinski definition) is 1. The molecule has 1 N–H and O–H groups in total. The van der Waals surface area contributed by atoms with E-state index in [1.54, 1.807) is 6.92 Å². The molecule has 0 saturated heterocycles. The van der Waals surface area contributed by atoms with Crippen LogP contribution in [0.15, 0.2) is 24.3 Å². The standard InChI is InChI=1S/C10H11F3O/c1-7-3-5-8(6-4-7)9(2,14)10(11,12)13/h3-6,14H,1-2H3. The maximum absolute atomic E-state index is 12.4. The number of hydrogen-bond acceptors (Lipinski definition) is 1. The van der Waals surface area contributed by atoms with Crippen molar-refractivity contribution in [2.45, 2.75) is 25.6 Å². The van der Waals surface area contributed by atoms with Crippen molar-refractivity contribution in [2.24, 2.45) is 0 Å². The number of halogens is 3. The van der Waals surface area contributed by atoms with Crippen LogP contribution in [0.5, 0.6) is 0 Å². The fourth-order valence-corrected chi connectivity index (χ4v) is 1.04. The highest BCUT2D eigenvalue weighted by atomic mass is 19.4. The highest BCUT2D eigenvalue weighted by Crippen LogP contribution is 2.38. The molecule has 0 bridgehead atoms. The molecule has 0 heterocycles. The van der Waals surface area contributed by atoms with Gasteiger partial charge in [-0.05, 0) is 19.4 Å². The molecule has 0 spiro atoms. The van der Waals surface area contributed by atoms with E-state index in [9.17, 15) is 18.3 Å². The molecule has 14 heavy (non-hydrogen) atoms. The molecular weight excluding hydrogens is 193 g/mol. The Kier molecular flexibility index (Phi) is 2.58. The Morgan fingerprint density at radius 2 is 1.50 bits per heavy atom. The highest BCUT2D eigenvalue weighted by molar-refractivity contribution is 5.27. The van der Waals surface area contributed by atoms with E-state index in [0.29, 0.717) is 0 Å². The quantitative estimate of drug-likeness (QED) is 0.745. The molecular formula is C10H11F3O. The van der Waals surface area contributed by atoms with Crippen LogP contribution in [0.2, 0.25) is 0 Å². The van der Waals surface area contributed by atoms with Crippen LogP contribution in [0.3, 0.4) is 0 Å². The number of aliphatic hydroxyl groups is 1. The molecule has 1 rings (SSSR count). The van der Waals surface area contributed by atoms with E-state index in [1.165, 1.54) is 24.3 Å². The summed E-state index contributed by atoms with van der Waals surface area (Å²) < 4.78 is 37.1. The average Bonchev–Trinajstić information content (AvgIpc) is 2.03. The van der Waals surface area contributed by atoms with E-state index in [0.717, 1.165) is 12.5 Å². The molecule has 1 nitrogen and oxygen atoms in total. The molecule has 1 unspecified atom stereocenters. The van der Waals surface area contributed by atoms with Crippen molar-refractivity contribution < 1.29 is 18.3 Å². The summed E-state index contributed by atoms with van der Waals surface area (Å²) in [6.45, 7) is 2.52. The number of alkyl halides is 3. The molecule has 78 valence electrons. The Hall–Kier alpha value is -1.03. The first kappa shape index (κ1) is 11.0. The van der Waals surface area contributed by atoms with Gasteiger partial charge in [0.25, 0.3) is 0 Å². The van der Waals surface area contributed by atoms with Crippen LogP contribution in [0.1, 0.15) is 18.1 Å².